The zero-order chi connectivity index (χ0) is 25.7. The van der Waals surface area contributed by atoms with Crippen molar-refractivity contribution in [2.45, 2.75) is 52.9 Å². The highest BCUT2D eigenvalue weighted by atomic mass is 79.9. The van der Waals surface area contributed by atoms with E-state index in [1.807, 2.05) is 32.9 Å². The van der Waals surface area contributed by atoms with Gasteiger partial charge < -0.3 is 4.90 Å². The highest BCUT2D eigenvalue weighted by Crippen LogP contribution is 2.43. The number of carbonyl (C=O) groups is 1. The summed E-state index contributed by atoms with van der Waals surface area (Å²) >= 11 is 3.62. The van der Waals surface area contributed by atoms with Crippen molar-refractivity contribution in [1.29, 1.82) is 0 Å². The van der Waals surface area contributed by atoms with Crippen molar-refractivity contribution in [3.05, 3.63) is 74.3 Å². The molecular formula is C29H37BrFN3O. The number of hydrogen-bond donors (Lipinski definition) is 0. The number of aromatic nitrogens is 1. The van der Waals surface area contributed by atoms with Gasteiger partial charge in [0.2, 0.25) is 0 Å². The average molecular weight is 543 g/mol. The van der Waals surface area contributed by atoms with E-state index < -0.39 is 0 Å². The van der Waals surface area contributed by atoms with Gasteiger partial charge in [-0.25, -0.2) is 4.39 Å². The summed E-state index contributed by atoms with van der Waals surface area (Å²) in [5.74, 6) is -0.0341. The fourth-order valence-electron chi connectivity index (χ4n) is 4.46. The van der Waals surface area contributed by atoms with E-state index in [1.165, 1.54) is 16.5 Å². The molecule has 4 nitrogen and oxygen atoms in total. The molecule has 1 fully saturated rings. The Morgan fingerprint density at radius 1 is 1.29 bits per heavy atom. The number of amides is 1. The van der Waals surface area contributed by atoms with Crippen molar-refractivity contribution >= 4 is 33.5 Å². The van der Waals surface area contributed by atoms with Gasteiger partial charge in [-0.2, -0.15) is 0 Å². The van der Waals surface area contributed by atoms with E-state index in [0.29, 0.717) is 17.0 Å². The van der Waals surface area contributed by atoms with Crippen LogP contribution in [0.1, 0.15) is 78.7 Å². The fraction of sp³-hybridized carbons (Fsp3) is 0.448. The van der Waals surface area contributed by atoms with Gasteiger partial charge in [0.25, 0.3) is 5.91 Å². The molecule has 1 amide bonds. The van der Waals surface area contributed by atoms with Gasteiger partial charge in [-0.15, -0.1) is 0 Å². The Kier molecular flexibility index (Phi) is 9.42. The summed E-state index contributed by atoms with van der Waals surface area (Å²) in [5, 5.41) is 0. The van der Waals surface area contributed by atoms with Gasteiger partial charge in [0.05, 0.1) is 0 Å². The van der Waals surface area contributed by atoms with Crippen LogP contribution < -0.4 is 0 Å². The molecule has 0 atom stereocenters. The summed E-state index contributed by atoms with van der Waals surface area (Å²) in [7, 11) is 3.43. The van der Waals surface area contributed by atoms with Crippen molar-refractivity contribution in [2.75, 3.05) is 33.7 Å². The summed E-state index contributed by atoms with van der Waals surface area (Å²) in [5.41, 5.74) is 6.60. The Morgan fingerprint density at radius 2 is 2.00 bits per heavy atom. The van der Waals surface area contributed by atoms with Crippen LogP contribution >= 0.6 is 15.9 Å². The minimum absolute atomic E-state index is 0.121. The van der Waals surface area contributed by atoms with Crippen LogP contribution in [0.4, 0.5) is 4.39 Å². The monoisotopic (exact) mass is 541 g/mol. The van der Waals surface area contributed by atoms with E-state index in [1.54, 1.807) is 20.3 Å². The van der Waals surface area contributed by atoms with Gasteiger partial charge in [-0.3, -0.25) is 14.7 Å². The first-order valence-electron chi connectivity index (χ1n) is 12.5. The van der Waals surface area contributed by atoms with Crippen molar-refractivity contribution < 1.29 is 9.18 Å². The number of pyridine rings is 1. The molecule has 0 spiro atoms. The van der Waals surface area contributed by atoms with Crippen LogP contribution in [0.15, 0.2) is 40.5 Å². The smallest absolute Gasteiger partial charge is 0.253 e. The third kappa shape index (κ3) is 6.68. The van der Waals surface area contributed by atoms with Crippen LogP contribution in [0.3, 0.4) is 0 Å². The lowest BCUT2D eigenvalue weighted by Gasteiger charge is -2.27. The number of halogens is 2. The summed E-state index contributed by atoms with van der Waals surface area (Å²) < 4.78 is 16.2. The maximum atomic E-state index is 15.1. The Hall–Kier alpha value is -2.31. The molecule has 35 heavy (non-hydrogen) atoms. The molecule has 0 N–H and O–H groups in total. The van der Waals surface area contributed by atoms with Crippen LogP contribution in [0.2, 0.25) is 0 Å². The molecule has 1 aliphatic carbocycles. The summed E-state index contributed by atoms with van der Waals surface area (Å²) in [6.45, 7) is 10.7. The predicted molar refractivity (Wildman–Crippen MR) is 147 cm³/mol. The number of carbonyl (C=O) groups excluding carboxylic acids is 1. The molecule has 1 aromatic carbocycles. The Balaban J connectivity index is 0.00000167. The molecular weight excluding hydrogens is 505 g/mol. The van der Waals surface area contributed by atoms with E-state index >= 15 is 4.39 Å². The van der Waals surface area contributed by atoms with Gasteiger partial charge in [0.15, 0.2) is 0 Å². The van der Waals surface area contributed by atoms with Gasteiger partial charge in [-0.05, 0) is 68.4 Å². The second-order valence-electron chi connectivity index (χ2n) is 9.39. The lowest BCUT2D eigenvalue weighted by atomic mass is 9.92. The van der Waals surface area contributed by atoms with Gasteiger partial charge in [0, 0.05) is 66.8 Å². The average Bonchev–Trinajstić information content (AvgIpc) is 3.68. The van der Waals surface area contributed by atoms with Crippen molar-refractivity contribution in [3.8, 4) is 0 Å². The Labute approximate surface area is 218 Å². The van der Waals surface area contributed by atoms with Crippen molar-refractivity contribution in [2.24, 2.45) is 0 Å². The highest BCUT2D eigenvalue weighted by Gasteiger charge is 2.30. The Morgan fingerprint density at radius 3 is 2.57 bits per heavy atom. The quantitative estimate of drug-likeness (QED) is 0.391. The molecule has 2 heterocycles. The first-order chi connectivity index (χ1) is 16.7. The number of aryl methyl sites for hydroxylation is 1. The van der Waals surface area contributed by atoms with Gasteiger partial charge in [0.1, 0.15) is 5.82 Å². The van der Waals surface area contributed by atoms with E-state index in [4.69, 9.17) is 0 Å². The van der Waals surface area contributed by atoms with Crippen LogP contribution in [-0.2, 0) is 0 Å². The van der Waals surface area contributed by atoms with E-state index in [2.05, 4.69) is 44.9 Å². The molecule has 4 rings (SSSR count). The second kappa shape index (κ2) is 12.1. The zero-order valence-corrected chi connectivity index (χ0v) is 23.4. The lowest BCUT2D eigenvalue weighted by Crippen LogP contribution is -2.30. The molecule has 1 aromatic heterocycles. The molecule has 1 saturated carbocycles. The SMILES string of the molecule is C/C(=C\c1c(Br)ccnc1C)CN1CC=C(c2cc(C3CC3)c(C(=O)N(C)C)cc2F)CC1.CC. The van der Waals surface area contributed by atoms with E-state index in [-0.39, 0.29) is 11.7 Å². The largest absolute Gasteiger partial charge is 0.345 e. The summed E-state index contributed by atoms with van der Waals surface area (Å²) in [4.78, 5) is 20.9. The topological polar surface area (TPSA) is 36.4 Å². The van der Waals surface area contributed by atoms with Crippen LogP contribution in [0.25, 0.3) is 11.6 Å². The maximum absolute atomic E-state index is 15.1. The van der Waals surface area contributed by atoms with Crippen LogP contribution in [0, 0.1) is 12.7 Å². The molecule has 0 radical (unpaired) electrons. The molecule has 2 aliphatic rings. The summed E-state index contributed by atoms with van der Waals surface area (Å²) in [6.07, 6.45) is 9.08. The normalized spacial score (nSPS) is 16.3. The standard InChI is InChI=1S/C27H31BrFN3O.C2H6/c1-17(13-21-18(2)30-10-7-25(21)28)16-32-11-8-20(9-12-32)23-14-22(19-5-6-19)24(15-26(23)29)27(33)31(3)4;1-2/h7-8,10,13-15,19H,5-6,9,11-12,16H2,1-4H3;1-2H3/b17-13+;. The third-order valence-corrected chi connectivity index (χ3v) is 7.12. The number of nitrogens with zero attached hydrogens (tertiary/aromatic N) is 3. The number of rotatable bonds is 6. The van der Waals surface area contributed by atoms with Gasteiger partial charge >= 0.3 is 0 Å². The van der Waals surface area contributed by atoms with Crippen molar-refractivity contribution in [1.82, 2.24) is 14.8 Å². The highest BCUT2D eigenvalue weighted by molar-refractivity contribution is 9.10. The molecule has 0 saturated heterocycles. The molecule has 2 aromatic rings. The maximum Gasteiger partial charge on any atom is 0.253 e. The van der Waals surface area contributed by atoms with Crippen LogP contribution in [-0.4, -0.2) is 54.4 Å². The van der Waals surface area contributed by atoms with E-state index in [9.17, 15) is 4.79 Å². The first kappa shape index (κ1) is 27.3. The third-order valence-electron chi connectivity index (χ3n) is 6.43. The van der Waals surface area contributed by atoms with Crippen molar-refractivity contribution in [3.63, 3.8) is 0 Å². The van der Waals surface area contributed by atoms with Gasteiger partial charge in [-0.1, -0.05) is 47.5 Å². The molecule has 0 unspecified atom stereocenters. The number of hydrogen-bond acceptors (Lipinski definition) is 3. The predicted octanol–water partition coefficient (Wildman–Crippen LogP) is 7.09. The first-order valence-corrected chi connectivity index (χ1v) is 13.3. The minimum atomic E-state index is -0.294. The fourth-order valence-corrected chi connectivity index (χ4v) is 4.98. The molecule has 0 bridgehead atoms. The minimum Gasteiger partial charge on any atom is -0.345 e. The summed E-state index contributed by atoms with van der Waals surface area (Å²) in [6, 6.07) is 5.36. The number of benzene rings is 1. The molecule has 188 valence electrons. The molecule has 1 aliphatic heterocycles. The van der Waals surface area contributed by atoms with E-state index in [0.717, 1.165) is 65.8 Å². The zero-order valence-electron chi connectivity index (χ0n) is 21.8. The second-order valence-corrected chi connectivity index (χ2v) is 10.2. The van der Waals surface area contributed by atoms with Crippen LogP contribution in [0.5, 0.6) is 0 Å². The molecule has 6 heteroatoms. The lowest BCUT2D eigenvalue weighted by molar-refractivity contribution is 0.0826. The Bertz CT molecular complexity index is 1110.